The third-order valence-corrected chi connectivity index (χ3v) is 4.27. The largest absolute Gasteiger partial charge is 0.340 e. The maximum absolute atomic E-state index is 11.6. The molecule has 1 rings (SSSR count). The summed E-state index contributed by atoms with van der Waals surface area (Å²) >= 11 is 3.20. The van der Waals surface area contributed by atoms with E-state index in [0.717, 1.165) is 25.7 Å². The molecule has 0 aromatic rings. The second kappa shape index (κ2) is 5.80. The zero-order valence-electron chi connectivity index (χ0n) is 10.1. The van der Waals surface area contributed by atoms with Crippen molar-refractivity contribution in [2.24, 2.45) is 0 Å². The molecule has 1 fully saturated rings. The standard InChI is InChI=1S/C12H20BrNO2/c1-10(15)14(2)12(8-11(16)9-13)6-4-3-5-7-12/h3-9H2,1-2H3. The van der Waals surface area contributed by atoms with E-state index in [1.807, 2.05) is 7.05 Å². The van der Waals surface area contributed by atoms with Crippen molar-refractivity contribution in [3.8, 4) is 0 Å². The molecule has 1 aliphatic rings. The average Bonchev–Trinajstić information content (AvgIpc) is 2.29. The highest BCUT2D eigenvalue weighted by molar-refractivity contribution is 9.09. The first-order valence-corrected chi connectivity index (χ1v) is 6.96. The number of hydrogen-bond acceptors (Lipinski definition) is 2. The monoisotopic (exact) mass is 289 g/mol. The van der Waals surface area contributed by atoms with Crippen LogP contribution in [0.2, 0.25) is 0 Å². The lowest BCUT2D eigenvalue weighted by Crippen LogP contribution is -2.51. The van der Waals surface area contributed by atoms with E-state index in [2.05, 4.69) is 15.9 Å². The van der Waals surface area contributed by atoms with Crippen molar-refractivity contribution in [2.75, 3.05) is 12.4 Å². The molecule has 0 N–H and O–H groups in total. The second-order valence-electron chi connectivity index (χ2n) is 4.71. The Balaban J connectivity index is 2.82. The molecule has 0 atom stereocenters. The summed E-state index contributed by atoms with van der Waals surface area (Å²) < 4.78 is 0. The number of nitrogens with zero attached hydrogens (tertiary/aromatic N) is 1. The van der Waals surface area contributed by atoms with Crippen molar-refractivity contribution in [3.05, 3.63) is 0 Å². The number of rotatable bonds is 4. The summed E-state index contributed by atoms with van der Waals surface area (Å²) in [4.78, 5) is 24.9. The van der Waals surface area contributed by atoms with Gasteiger partial charge in [0.15, 0.2) is 0 Å². The third-order valence-electron chi connectivity index (χ3n) is 3.64. The average molecular weight is 290 g/mol. The lowest BCUT2D eigenvalue weighted by molar-refractivity contribution is -0.136. The SMILES string of the molecule is CC(=O)N(C)C1(CC(=O)CBr)CCCCC1. The number of halogens is 1. The minimum atomic E-state index is -0.213. The molecule has 4 heteroatoms. The Morgan fingerprint density at radius 2 is 1.81 bits per heavy atom. The number of amides is 1. The highest BCUT2D eigenvalue weighted by atomic mass is 79.9. The van der Waals surface area contributed by atoms with Crippen LogP contribution in [0, 0.1) is 0 Å². The van der Waals surface area contributed by atoms with E-state index < -0.39 is 0 Å². The Kier molecular flexibility index (Phi) is 4.96. The van der Waals surface area contributed by atoms with Gasteiger partial charge < -0.3 is 4.90 Å². The molecular weight excluding hydrogens is 270 g/mol. The zero-order valence-corrected chi connectivity index (χ0v) is 11.7. The molecule has 3 nitrogen and oxygen atoms in total. The maximum Gasteiger partial charge on any atom is 0.219 e. The van der Waals surface area contributed by atoms with Gasteiger partial charge in [-0.15, -0.1) is 0 Å². The second-order valence-corrected chi connectivity index (χ2v) is 5.27. The van der Waals surface area contributed by atoms with Gasteiger partial charge in [-0.2, -0.15) is 0 Å². The van der Waals surface area contributed by atoms with Gasteiger partial charge in [-0.3, -0.25) is 9.59 Å². The first-order chi connectivity index (χ1) is 7.52. The van der Waals surface area contributed by atoms with Crippen LogP contribution in [0.4, 0.5) is 0 Å². The summed E-state index contributed by atoms with van der Waals surface area (Å²) in [7, 11) is 1.83. The van der Waals surface area contributed by atoms with Crippen LogP contribution >= 0.6 is 15.9 Å². The highest BCUT2D eigenvalue weighted by Crippen LogP contribution is 2.36. The summed E-state index contributed by atoms with van der Waals surface area (Å²) in [5.41, 5.74) is -0.213. The van der Waals surface area contributed by atoms with Crippen LogP contribution in [0.1, 0.15) is 45.4 Å². The number of ketones is 1. The van der Waals surface area contributed by atoms with E-state index in [4.69, 9.17) is 0 Å². The van der Waals surface area contributed by atoms with E-state index in [-0.39, 0.29) is 17.2 Å². The van der Waals surface area contributed by atoms with Crippen LogP contribution in [0.15, 0.2) is 0 Å². The number of carbonyl (C=O) groups is 2. The highest BCUT2D eigenvalue weighted by Gasteiger charge is 2.38. The first-order valence-electron chi connectivity index (χ1n) is 5.84. The van der Waals surface area contributed by atoms with Crippen LogP contribution < -0.4 is 0 Å². The number of hydrogen-bond donors (Lipinski definition) is 0. The van der Waals surface area contributed by atoms with Crippen LogP contribution in [0.25, 0.3) is 0 Å². The quantitative estimate of drug-likeness (QED) is 0.746. The Labute approximate surface area is 106 Å². The van der Waals surface area contributed by atoms with Gasteiger partial charge in [0.2, 0.25) is 5.91 Å². The van der Waals surface area contributed by atoms with Crippen LogP contribution in [-0.2, 0) is 9.59 Å². The maximum atomic E-state index is 11.6. The normalized spacial score (nSPS) is 19.2. The molecule has 0 bridgehead atoms. The van der Waals surface area contributed by atoms with Gasteiger partial charge in [-0.1, -0.05) is 35.2 Å². The van der Waals surface area contributed by atoms with Gasteiger partial charge in [-0.05, 0) is 12.8 Å². The molecule has 0 radical (unpaired) electrons. The fraction of sp³-hybridized carbons (Fsp3) is 0.833. The van der Waals surface area contributed by atoms with Gasteiger partial charge >= 0.3 is 0 Å². The van der Waals surface area contributed by atoms with Crippen molar-refractivity contribution in [3.63, 3.8) is 0 Å². The molecule has 0 aromatic heterocycles. The van der Waals surface area contributed by atoms with Crippen molar-refractivity contribution < 1.29 is 9.59 Å². The fourth-order valence-corrected chi connectivity index (χ4v) is 2.79. The van der Waals surface area contributed by atoms with E-state index >= 15 is 0 Å². The molecule has 0 heterocycles. The lowest BCUT2D eigenvalue weighted by Gasteiger charge is -2.44. The van der Waals surface area contributed by atoms with E-state index in [1.54, 1.807) is 11.8 Å². The minimum Gasteiger partial charge on any atom is -0.340 e. The van der Waals surface area contributed by atoms with Crippen molar-refractivity contribution >= 4 is 27.6 Å². The molecule has 92 valence electrons. The molecule has 1 amide bonds. The van der Waals surface area contributed by atoms with Gasteiger partial charge in [0.25, 0.3) is 0 Å². The Morgan fingerprint density at radius 3 is 2.25 bits per heavy atom. The Bertz CT molecular complexity index is 272. The Morgan fingerprint density at radius 1 is 1.25 bits per heavy atom. The fourth-order valence-electron chi connectivity index (χ4n) is 2.59. The third kappa shape index (κ3) is 3.06. The summed E-state index contributed by atoms with van der Waals surface area (Å²) in [6.07, 6.45) is 5.87. The van der Waals surface area contributed by atoms with Gasteiger partial charge in [-0.25, -0.2) is 0 Å². The molecule has 0 saturated heterocycles. The number of alkyl halides is 1. The predicted molar refractivity (Wildman–Crippen MR) is 67.7 cm³/mol. The summed E-state index contributed by atoms with van der Waals surface area (Å²) in [6, 6.07) is 0. The van der Waals surface area contributed by atoms with E-state index in [0.29, 0.717) is 11.8 Å². The summed E-state index contributed by atoms with van der Waals surface area (Å²) in [5, 5.41) is 0.389. The summed E-state index contributed by atoms with van der Waals surface area (Å²) in [6.45, 7) is 1.58. The van der Waals surface area contributed by atoms with Crippen LogP contribution in [-0.4, -0.2) is 34.5 Å². The molecule has 0 aromatic carbocycles. The first kappa shape index (κ1) is 13.7. The van der Waals surface area contributed by atoms with Crippen molar-refractivity contribution in [1.29, 1.82) is 0 Å². The lowest BCUT2D eigenvalue weighted by atomic mass is 9.77. The van der Waals surface area contributed by atoms with Crippen molar-refractivity contribution in [1.82, 2.24) is 4.90 Å². The molecule has 1 saturated carbocycles. The molecular formula is C12H20BrNO2. The van der Waals surface area contributed by atoms with Crippen LogP contribution in [0.5, 0.6) is 0 Å². The summed E-state index contributed by atoms with van der Waals surface area (Å²) in [5.74, 6) is 0.249. The zero-order chi connectivity index (χ0) is 12.2. The van der Waals surface area contributed by atoms with Gasteiger partial charge in [0, 0.05) is 25.9 Å². The molecule has 16 heavy (non-hydrogen) atoms. The number of Topliss-reactive ketones (excluding diaryl/α,β-unsaturated/α-hetero) is 1. The van der Waals surface area contributed by atoms with Gasteiger partial charge in [0.05, 0.1) is 5.33 Å². The minimum absolute atomic E-state index is 0.0595. The van der Waals surface area contributed by atoms with Gasteiger partial charge in [0.1, 0.15) is 5.78 Å². The topological polar surface area (TPSA) is 37.4 Å². The Hall–Kier alpha value is -0.380. The smallest absolute Gasteiger partial charge is 0.219 e. The molecule has 0 aliphatic heterocycles. The van der Waals surface area contributed by atoms with E-state index in [9.17, 15) is 9.59 Å². The van der Waals surface area contributed by atoms with Crippen molar-refractivity contribution in [2.45, 2.75) is 51.0 Å². The molecule has 0 unspecified atom stereocenters. The number of carbonyl (C=O) groups excluding carboxylic acids is 2. The molecule has 1 aliphatic carbocycles. The predicted octanol–water partition coefficient (Wildman–Crippen LogP) is 2.52. The molecule has 0 spiro atoms. The van der Waals surface area contributed by atoms with Crippen LogP contribution in [0.3, 0.4) is 0 Å². The van der Waals surface area contributed by atoms with E-state index in [1.165, 1.54) is 6.42 Å².